The highest BCUT2D eigenvalue weighted by Crippen LogP contribution is 1.96. The van der Waals surface area contributed by atoms with E-state index in [0.717, 1.165) is 6.92 Å². The van der Waals surface area contributed by atoms with Crippen LogP contribution >= 0.6 is 0 Å². The molecule has 2 N–H and O–H groups in total. The van der Waals surface area contributed by atoms with Crippen LogP contribution in [0.25, 0.3) is 0 Å². The van der Waals surface area contributed by atoms with E-state index in [0.29, 0.717) is 0 Å². The van der Waals surface area contributed by atoms with Crippen LogP contribution in [-0.4, -0.2) is 28.5 Å². The van der Waals surface area contributed by atoms with E-state index in [4.69, 9.17) is 10.2 Å². The summed E-state index contributed by atoms with van der Waals surface area (Å²) in [6.45, 7) is 1.08. The molecule has 0 aromatic carbocycles. The van der Waals surface area contributed by atoms with E-state index >= 15 is 0 Å². The summed E-state index contributed by atoms with van der Waals surface area (Å²) in [6, 6.07) is 0. The summed E-state index contributed by atoms with van der Waals surface area (Å²) >= 11 is 0. The van der Waals surface area contributed by atoms with Gasteiger partial charge in [0.2, 0.25) is 6.17 Å². The van der Waals surface area contributed by atoms with Crippen LogP contribution in [0.2, 0.25) is 0 Å². The molecule has 0 spiro atoms. The van der Waals surface area contributed by atoms with Crippen molar-refractivity contribution in [1.29, 1.82) is 0 Å². The number of rotatable bonds is 2. The summed E-state index contributed by atoms with van der Waals surface area (Å²) in [5.41, 5.74) is 0. The number of hydrogen-bond acceptors (Lipinski definition) is 2. The minimum Gasteiger partial charge on any atom is -0.479 e. The number of carboxylic acids is 1. The van der Waals surface area contributed by atoms with Crippen molar-refractivity contribution in [3.05, 3.63) is 0 Å². The number of aliphatic hydroxyl groups is 1. The monoisotopic (exact) mass is 122 g/mol. The second kappa shape index (κ2) is 2.61. The third-order valence-electron chi connectivity index (χ3n) is 0.659. The Morgan fingerprint density at radius 2 is 2.12 bits per heavy atom. The fraction of sp³-hybridized carbons (Fsp3) is 0.750. The average molecular weight is 122 g/mol. The van der Waals surface area contributed by atoms with Crippen molar-refractivity contribution < 1.29 is 19.4 Å². The van der Waals surface area contributed by atoms with Gasteiger partial charge in [-0.3, -0.25) is 0 Å². The minimum atomic E-state index is -2.16. The molecule has 2 atom stereocenters. The van der Waals surface area contributed by atoms with Gasteiger partial charge in [0.25, 0.3) is 0 Å². The maximum Gasteiger partial charge on any atom is 0.341 e. The molecule has 0 fully saturated rings. The Bertz CT molecular complexity index is 91.3. The van der Waals surface area contributed by atoms with E-state index in [9.17, 15) is 9.18 Å². The minimum absolute atomic E-state index is 1.08. The molecule has 0 aliphatic heterocycles. The SMILES string of the molecule is C[C@@H](O)[C@@H](F)C(=O)O. The highest BCUT2D eigenvalue weighted by atomic mass is 19.1. The van der Waals surface area contributed by atoms with Crippen LogP contribution in [0, 0.1) is 0 Å². The van der Waals surface area contributed by atoms with E-state index < -0.39 is 18.2 Å². The van der Waals surface area contributed by atoms with Gasteiger partial charge in [-0.15, -0.1) is 0 Å². The van der Waals surface area contributed by atoms with Crippen molar-refractivity contribution >= 4 is 5.97 Å². The first-order valence-corrected chi connectivity index (χ1v) is 2.10. The maximum atomic E-state index is 11.8. The van der Waals surface area contributed by atoms with Gasteiger partial charge in [-0.1, -0.05) is 0 Å². The van der Waals surface area contributed by atoms with Crippen molar-refractivity contribution in [1.82, 2.24) is 0 Å². The molecule has 0 aliphatic carbocycles. The van der Waals surface area contributed by atoms with Crippen LogP contribution in [0.15, 0.2) is 0 Å². The topological polar surface area (TPSA) is 57.5 Å². The van der Waals surface area contributed by atoms with Gasteiger partial charge in [-0.25, -0.2) is 9.18 Å². The summed E-state index contributed by atoms with van der Waals surface area (Å²) < 4.78 is 11.8. The Morgan fingerprint density at radius 1 is 1.75 bits per heavy atom. The van der Waals surface area contributed by atoms with Gasteiger partial charge in [0, 0.05) is 0 Å². The van der Waals surface area contributed by atoms with Crippen molar-refractivity contribution in [2.24, 2.45) is 0 Å². The lowest BCUT2D eigenvalue weighted by atomic mass is 10.3. The molecule has 0 aromatic rings. The van der Waals surface area contributed by atoms with Crippen molar-refractivity contribution in [2.75, 3.05) is 0 Å². The zero-order chi connectivity index (χ0) is 6.73. The summed E-state index contributed by atoms with van der Waals surface area (Å²) in [6.07, 6.45) is -3.58. The molecule has 4 heteroatoms. The fourth-order valence-corrected chi connectivity index (χ4v) is 0.206. The number of hydrogen-bond donors (Lipinski definition) is 2. The molecule has 0 amide bonds. The van der Waals surface area contributed by atoms with E-state index in [1.807, 2.05) is 0 Å². The zero-order valence-electron chi connectivity index (χ0n) is 4.34. The number of carbonyl (C=O) groups is 1. The molecule has 48 valence electrons. The second-order valence-corrected chi connectivity index (χ2v) is 1.48. The van der Waals surface area contributed by atoms with Crippen molar-refractivity contribution in [3.63, 3.8) is 0 Å². The lowest BCUT2D eigenvalue weighted by Gasteiger charge is -2.02. The summed E-state index contributed by atoms with van der Waals surface area (Å²) in [4.78, 5) is 9.61. The maximum absolute atomic E-state index is 11.8. The third-order valence-corrected chi connectivity index (χ3v) is 0.659. The first kappa shape index (κ1) is 7.36. The van der Waals surface area contributed by atoms with Crippen LogP contribution in [0.5, 0.6) is 0 Å². The van der Waals surface area contributed by atoms with E-state index in [1.54, 1.807) is 0 Å². The first-order valence-electron chi connectivity index (χ1n) is 2.10. The zero-order valence-corrected chi connectivity index (χ0v) is 4.34. The normalized spacial score (nSPS) is 17.4. The van der Waals surface area contributed by atoms with Crippen molar-refractivity contribution in [3.8, 4) is 0 Å². The summed E-state index contributed by atoms with van der Waals surface area (Å²) in [7, 11) is 0. The number of aliphatic hydroxyl groups excluding tert-OH is 1. The average Bonchev–Trinajstić information content (AvgIpc) is 1.64. The van der Waals surface area contributed by atoms with Crippen LogP contribution in [-0.2, 0) is 4.79 Å². The van der Waals surface area contributed by atoms with Crippen LogP contribution in [0.1, 0.15) is 6.92 Å². The Labute approximate surface area is 45.7 Å². The standard InChI is InChI=1S/C4H7FO3/c1-2(6)3(5)4(7)8/h2-3,6H,1H3,(H,7,8)/t2-,3-/m1/s1. The lowest BCUT2D eigenvalue weighted by molar-refractivity contribution is -0.146. The largest absolute Gasteiger partial charge is 0.479 e. The van der Waals surface area contributed by atoms with Gasteiger partial charge in [0.1, 0.15) is 0 Å². The molecular formula is C4H7FO3. The smallest absolute Gasteiger partial charge is 0.341 e. The van der Waals surface area contributed by atoms with Gasteiger partial charge >= 0.3 is 5.97 Å². The molecule has 0 saturated carbocycles. The molecule has 0 bridgehead atoms. The van der Waals surface area contributed by atoms with E-state index in [2.05, 4.69) is 0 Å². The molecule has 0 aromatic heterocycles. The second-order valence-electron chi connectivity index (χ2n) is 1.48. The van der Waals surface area contributed by atoms with Gasteiger partial charge in [-0.05, 0) is 6.92 Å². The molecule has 0 heterocycles. The Balaban J connectivity index is 3.64. The van der Waals surface area contributed by atoms with Crippen LogP contribution in [0.4, 0.5) is 4.39 Å². The summed E-state index contributed by atoms with van der Waals surface area (Å²) in [5, 5.41) is 16.1. The quantitative estimate of drug-likeness (QED) is 0.532. The lowest BCUT2D eigenvalue weighted by Crippen LogP contribution is -2.26. The molecule has 0 rings (SSSR count). The van der Waals surface area contributed by atoms with E-state index in [1.165, 1.54) is 0 Å². The van der Waals surface area contributed by atoms with Crippen molar-refractivity contribution in [2.45, 2.75) is 19.2 Å². The molecule has 0 saturated heterocycles. The van der Waals surface area contributed by atoms with Gasteiger partial charge in [0.05, 0.1) is 6.10 Å². The Morgan fingerprint density at radius 3 is 2.12 bits per heavy atom. The molecular weight excluding hydrogens is 115 g/mol. The predicted molar refractivity (Wildman–Crippen MR) is 24.2 cm³/mol. The molecule has 0 radical (unpaired) electrons. The third kappa shape index (κ3) is 1.88. The number of halogens is 1. The Kier molecular flexibility index (Phi) is 2.41. The predicted octanol–water partition coefficient (Wildman–Crippen LogP) is -0.210. The van der Waals surface area contributed by atoms with Crippen LogP contribution in [0.3, 0.4) is 0 Å². The summed E-state index contributed by atoms with van der Waals surface area (Å²) in [5.74, 6) is -1.62. The van der Waals surface area contributed by atoms with Crippen LogP contribution < -0.4 is 0 Å². The van der Waals surface area contributed by atoms with Gasteiger partial charge < -0.3 is 10.2 Å². The van der Waals surface area contributed by atoms with E-state index in [-0.39, 0.29) is 0 Å². The number of alkyl halides is 1. The molecule has 0 aliphatic rings. The highest BCUT2D eigenvalue weighted by Gasteiger charge is 2.20. The number of carboxylic acid groups (broad SMARTS) is 1. The Hall–Kier alpha value is -0.640. The molecule has 0 unspecified atom stereocenters. The molecule has 3 nitrogen and oxygen atoms in total. The van der Waals surface area contributed by atoms with Gasteiger partial charge in [-0.2, -0.15) is 0 Å². The molecule has 8 heavy (non-hydrogen) atoms. The van der Waals surface area contributed by atoms with Gasteiger partial charge in [0.15, 0.2) is 0 Å². The number of aliphatic carboxylic acids is 1. The fourth-order valence-electron chi connectivity index (χ4n) is 0.206. The first-order chi connectivity index (χ1) is 3.55. The highest BCUT2D eigenvalue weighted by molar-refractivity contribution is 5.72.